The summed E-state index contributed by atoms with van der Waals surface area (Å²) in [6, 6.07) is 4.34. The van der Waals surface area contributed by atoms with Gasteiger partial charge in [0.05, 0.1) is 17.2 Å². The van der Waals surface area contributed by atoms with Crippen molar-refractivity contribution in [3.05, 3.63) is 34.9 Å². The van der Waals surface area contributed by atoms with Crippen LogP contribution in [0.1, 0.15) is 39.6 Å². The Morgan fingerprint density at radius 1 is 1.24 bits per heavy atom. The number of carboxylic acid groups (broad SMARTS) is 2. The number of aryl methyl sites for hydroxylation is 1. The van der Waals surface area contributed by atoms with Crippen LogP contribution in [0.5, 0.6) is 0 Å². The molecule has 0 fully saturated rings. The van der Waals surface area contributed by atoms with Gasteiger partial charge < -0.3 is 15.3 Å². The molecule has 0 amide bonds. The molecule has 0 aromatic heterocycles. The minimum Gasteiger partial charge on any atom is -0.478 e. The highest BCUT2D eigenvalue weighted by Crippen LogP contribution is 2.17. The first-order chi connectivity index (χ1) is 7.93. The molecular weight excluding hydrogens is 224 g/mol. The molecule has 1 atom stereocenters. The molecule has 0 aliphatic heterocycles. The Hall–Kier alpha value is -1.88. The molecule has 5 nitrogen and oxygen atoms in total. The van der Waals surface area contributed by atoms with E-state index in [9.17, 15) is 9.59 Å². The second kappa shape index (κ2) is 5.45. The molecule has 0 aliphatic carbocycles. The number of aromatic carboxylic acids is 2. The van der Waals surface area contributed by atoms with E-state index >= 15 is 0 Å². The lowest BCUT2D eigenvalue weighted by atomic mass is 9.97. The highest BCUT2D eigenvalue weighted by atomic mass is 16.4. The first-order valence-electron chi connectivity index (χ1n) is 5.20. The van der Waals surface area contributed by atoms with Crippen LogP contribution >= 0.6 is 0 Å². The predicted molar refractivity (Wildman–Crippen MR) is 60.4 cm³/mol. The fraction of sp³-hybridized carbons (Fsp3) is 0.333. The van der Waals surface area contributed by atoms with Gasteiger partial charge in [0.15, 0.2) is 0 Å². The lowest BCUT2D eigenvalue weighted by Crippen LogP contribution is -2.12. The van der Waals surface area contributed by atoms with Crippen LogP contribution in [0.25, 0.3) is 0 Å². The van der Waals surface area contributed by atoms with Gasteiger partial charge in [-0.3, -0.25) is 0 Å². The highest BCUT2D eigenvalue weighted by Gasteiger charge is 2.19. The molecule has 0 bridgehead atoms. The summed E-state index contributed by atoms with van der Waals surface area (Å²) in [6.45, 7) is 1.60. The monoisotopic (exact) mass is 238 g/mol. The van der Waals surface area contributed by atoms with Gasteiger partial charge in [0, 0.05) is 0 Å². The third-order valence-electron chi connectivity index (χ3n) is 2.43. The normalized spacial score (nSPS) is 12.1. The topological polar surface area (TPSA) is 94.8 Å². The number of benzene rings is 1. The molecular formula is C12H14O5. The molecule has 0 heterocycles. The molecule has 3 N–H and O–H groups in total. The zero-order valence-corrected chi connectivity index (χ0v) is 9.38. The fourth-order valence-corrected chi connectivity index (χ4v) is 1.60. The molecule has 1 aromatic rings. The first-order valence-corrected chi connectivity index (χ1v) is 5.20. The average Bonchev–Trinajstić information content (AvgIpc) is 2.25. The van der Waals surface area contributed by atoms with Crippen molar-refractivity contribution in [3.8, 4) is 0 Å². The summed E-state index contributed by atoms with van der Waals surface area (Å²) >= 11 is 0. The van der Waals surface area contributed by atoms with E-state index in [0.717, 1.165) is 0 Å². The summed E-state index contributed by atoms with van der Waals surface area (Å²) in [7, 11) is 0. The number of hydrogen-bond donors (Lipinski definition) is 3. The fourth-order valence-electron chi connectivity index (χ4n) is 1.60. The van der Waals surface area contributed by atoms with Crippen LogP contribution in [0.3, 0.4) is 0 Å². The minimum atomic E-state index is -1.26. The van der Waals surface area contributed by atoms with Crippen LogP contribution < -0.4 is 0 Å². The summed E-state index contributed by atoms with van der Waals surface area (Å²) in [5.74, 6) is -2.52. The van der Waals surface area contributed by atoms with Crippen molar-refractivity contribution in [1.29, 1.82) is 0 Å². The Morgan fingerprint density at radius 3 is 2.35 bits per heavy atom. The lowest BCUT2D eigenvalue weighted by Gasteiger charge is -2.09. The van der Waals surface area contributed by atoms with Gasteiger partial charge in [0.2, 0.25) is 0 Å². The second-order valence-electron chi connectivity index (χ2n) is 3.84. The molecule has 1 aromatic carbocycles. The van der Waals surface area contributed by atoms with Gasteiger partial charge in [0.25, 0.3) is 0 Å². The molecule has 1 rings (SSSR count). The average molecular weight is 238 g/mol. The molecule has 0 aliphatic rings. The van der Waals surface area contributed by atoms with Gasteiger partial charge in [-0.25, -0.2) is 9.59 Å². The van der Waals surface area contributed by atoms with Crippen LogP contribution in [-0.4, -0.2) is 33.4 Å². The van der Waals surface area contributed by atoms with Gasteiger partial charge in [-0.15, -0.1) is 0 Å². The van der Waals surface area contributed by atoms with Crippen LogP contribution in [0.2, 0.25) is 0 Å². The Kier molecular flexibility index (Phi) is 4.23. The van der Waals surface area contributed by atoms with E-state index in [-0.39, 0.29) is 11.1 Å². The van der Waals surface area contributed by atoms with Crippen molar-refractivity contribution in [3.63, 3.8) is 0 Å². The van der Waals surface area contributed by atoms with Gasteiger partial charge in [0.1, 0.15) is 0 Å². The number of carbonyl (C=O) groups is 2. The summed E-state index contributed by atoms with van der Waals surface area (Å²) in [6.07, 6.45) is 0.175. The largest absolute Gasteiger partial charge is 0.478 e. The molecule has 1 unspecified atom stereocenters. The lowest BCUT2D eigenvalue weighted by molar-refractivity contribution is 0.0650. The summed E-state index contributed by atoms with van der Waals surface area (Å²) in [5, 5.41) is 27.1. The van der Waals surface area contributed by atoms with Crippen molar-refractivity contribution in [1.82, 2.24) is 0 Å². The van der Waals surface area contributed by atoms with Crippen molar-refractivity contribution in [2.24, 2.45) is 0 Å². The third-order valence-corrected chi connectivity index (χ3v) is 2.43. The standard InChI is InChI=1S/C12H14O5/c1-7(13)5-6-8-3-2-4-9(11(14)15)10(8)12(16)17/h2-4,7,13H,5-6H2,1H3,(H,14,15)(H,16,17). The molecule has 0 saturated heterocycles. The van der Waals surface area contributed by atoms with Crippen molar-refractivity contribution >= 4 is 11.9 Å². The molecule has 0 saturated carbocycles. The van der Waals surface area contributed by atoms with Crippen molar-refractivity contribution in [2.75, 3.05) is 0 Å². The van der Waals surface area contributed by atoms with Gasteiger partial charge in [-0.05, 0) is 31.4 Å². The Bertz CT molecular complexity index is 437. The minimum absolute atomic E-state index is 0.194. The zero-order chi connectivity index (χ0) is 13.0. The number of aliphatic hydroxyl groups is 1. The van der Waals surface area contributed by atoms with E-state index in [1.807, 2.05) is 0 Å². The summed E-state index contributed by atoms with van der Waals surface area (Å²) in [5.41, 5.74) is 0.0135. The first kappa shape index (κ1) is 13.2. The maximum absolute atomic E-state index is 11.1. The molecule has 92 valence electrons. The molecule has 0 spiro atoms. The van der Waals surface area contributed by atoms with Crippen molar-refractivity contribution < 1.29 is 24.9 Å². The van der Waals surface area contributed by atoms with Crippen LogP contribution in [-0.2, 0) is 6.42 Å². The molecule has 0 radical (unpaired) electrons. The summed E-state index contributed by atoms with van der Waals surface area (Å²) < 4.78 is 0. The number of hydrogen-bond acceptors (Lipinski definition) is 3. The molecule has 5 heteroatoms. The second-order valence-corrected chi connectivity index (χ2v) is 3.84. The van der Waals surface area contributed by atoms with Crippen LogP contribution in [0.4, 0.5) is 0 Å². The predicted octanol–water partition coefficient (Wildman–Crippen LogP) is 1.40. The number of aliphatic hydroxyl groups excluding tert-OH is 1. The number of rotatable bonds is 5. The van der Waals surface area contributed by atoms with Gasteiger partial charge >= 0.3 is 11.9 Å². The summed E-state index contributed by atoms with van der Waals surface area (Å²) in [4.78, 5) is 22.0. The maximum Gasteiger partial charge on any atom is 0.336 e. The maximum atomic E-state index is 11.1. The Morgan fingerprint density at radius 2 is 1.88 bits per heavy atom. The number of carboxylic acids is 2. The zero-order valence-electron chi connectivity index (χ0n) is 9.38. The highest BCUT2D eigenvalue weighted by molar-refractivity contribution is 6.02. The van der Waals surface area contributed by atoms with Gasteiger partial charge in [-0.1, -0.05) is 12.1 Å². The van der Waals surface area contributed by atoms with E-state index in [4.69, 9.17) is 15.3 Å². The van der Waals surface area contributed by atoms with E-state index in [1.165, 1.54) is 12.1 Å². The van der Waals surface area contributed by atoms with Crippen LogP contribution in [0, 0.1) is 0 Å². The SMILES string of the molecule is CC(O)CCc1cccc(C(=O)O)c1C(=O)O. The quantitative estimate of drug-likeness (QED) is 0.720. The van der Waals surface area contributed by atoms with E-state index in [2.05, 4.69) is 0 Å². The van der Waals surface area contributed by atoms with E-state index in [0.29, 0.717) is 18.4 Å². The van der Waals surface area contributed by atoms with Crippen molar-refractivity contribution in [2.45, 2.75) is 25.9 Å². The van der Waals surface area contributed by atoms with Crippen LogP contribution in [0.15, 0.2) is 18.2 Å². The molecule has 17 heavy (non-hydrogen) atoms. The van der Waals surface area contributed by atoms with E-state index in [1.54, 1.807) is 13.0 Å². The van der Waals surface area contributed by atoms with E-state index < -0.39 is 18.0 Å². The smallest absolute Gasteiger partial charge is 0.336 e. The van der Waals surface area contributed by atoms with Gasteiger partial charge in [-0.2, -0.15) is 0 Å². The third kappa shape index (κ3) is 3.29. The Labute approximate surface area is 98.3 Å². The Balaban J connectivity index is 3.16.